The van der Waals surface area contributed by atoms with E-state index < -0.39 is 0 Å². The summed E-state index contributed by atoms with van der Waals surface area (Å²) in [6.07, 6.45) is 4.42. The number of nitrogens with one attached hydrogen (secondary N) is 1. The van der Waals surface area contributed by atoms with E-state index in [4.69, 9.17) is 5.73 Å². The lowest BCUT2D eigenvalue weighted by molar-refractivity contribution is 0.0930. The zero-order valence-corrected chi connectivity index (χ0v) is 11.0. The summed E-state index contributed by atoms with van der Waals surface area (Å²) in [6, 6.07) is 4.92. The lowest BCUT2D eigenvalue weighted by Crippen LogP contribution is -2.28. The van der Waals surface area contributed by atoms with Crippen LogP contribution in [0.25, 0.3) is 0 Å². The number of anilines is 1. The Hall–Kier alpha value is -2.37. The number of hydrogen-bond acceptors (Lipinski definition) is 4. The van der Waals surface area contributed by atoms with Gasteiger partial charge in [0.05, 0.1) is 12.2 Å². The van der Waals surface area contributed by atoms with Crippen molar-refractivity contribution in [2.75, 3.05) is 5.73 Å². The quantitative estimate of drug-likeness (QED) is 0.866. The molecule has 0 bridgehead atoms. The Kier molecular flexibility index (Phi) is 3.79. The number of nitrogen functional groups attached to an aromatic ring is 1. The van der Waals surface area contributed by atoms with Gasteiger partial charge in [0.15, 0.2) is 0 Å². The maximum absolute atomic E-state index is 12.1. The maximum Gasteiger partial charge on any atom is 0.270 e. The Morgan fingerprint density at radius 3 is 2.89 bits per heavy atom. The fourth-order valence-electron chi connectivity index (χ4n) is 1.85. The van der Waals surface area contributed by atoms with Crippen molar-refractivity contribution in [3.8, 4) is 0 Å². The summed E-state index contributed by atoms with van der Waals surface area (Å²) < 4.78 is 1.71. The SMILES string of the molecule is CCC(NC(=O)c1cccc(N)n1)c1cnn(C)c1. The van der Waals surface area contributed by atoms with Crippen molar-refractivity contribution in [2.45, 2.75) is 19.4 Å². The molecular weight excluding hydrogens is 242 g/mol. The Morgan fingerprint density at radius 1 is 1.53 bits per heavy atom. The number of nitrogens with two attached hydrogens (primary N) is 1. The summed E-state index contributed by atoms with van der Waals surface area (Å²) in [5.74, 6) is 0.102. The average molecular weight is 259 g/mol. The minimum absolute atomic E-state index is 0.0792. The van der Waals surface area contributed by atoms with Gasteiger partial charge in [-0.05, 0) is 18.6 Å². The molecule has 0 radical (unpaired) electrons. The molecule has 100 valence electrons. The van der Waals surface area contributed by atoms with E-state index in [2.05, 4.69) is 15.4 Å². The van der Waals surface area contributed by atoms with E-state index in [1.165, 1.54) is 0 Å². The van der Waals surface area contributed by atoms with Crippen molar-refractivity contribution in [1.82, 2.24) is 20.1 Å². The Labute approximate surface area is 111 Å². The van der Waals surface area contributed by atoms with Crippen LogP contribution >= 0.6 is 0 Å². The number of amides is 1. The zero-order valence-electron chi connectivity index (χ0n) is 11.0. The zero-order chi connectivity index (χ0) is 13.8. The Balaban J connectivity index is 2.12. The second-order valence-corrected chi connectivity index (χ2v) is 4.33. The number of pyridine rings is 1. The largest absolute Gasteiger partial charge is 0.384 e. The van der Waals surface area contributed by atoms with Crippen LogP contribution in [0, 0.1) is 0 Å². The number of aromatic nitrogens is 3. The highest BCUT2D eigenvalue weighted by Gasteiger charge is 2.16. The second-order valence-electron chi connectivity index (χ2n) is 4.33. The summed E-state index contributed by atoms with van der Waals surface area (Å²) in [4.78, 5) is 16.1. The van der Waals surface area contributed by atoms with Crippen molar-refractivity contribution in [1.29, 1.82) is 0 Å². The van der Waals surface area contributed by atoms with Crippen LogP contribution < -0.4 is 11.1 Å². The molecule has 0 aliphatic rings. The first-order valence-corrected chi connectivity index (χ1v) is 6.12. The first kappa shape index (κ1) is 13.1. The summed E-state index contributed by atoms with van der Waals surface area (Å²) in [5, 5.41) is 7.04. The Bertz CT molecular complexity index is 578. The highest BCUT2D eigenvalue weighted by Crippen LogP contribution is 2.16. The van der Waals surface area contributed by atoms with E-state index in [-0.39, 0.29) is 11.9 Å². The molecule has 19 heavy (non-hydrogen) atoms. The van der Waals surface area contributed by atoms with Crippen molar-refractivity contribution in [3.63, 3.8) is 0 Å². The third-order valence-electron chi connectivity index (χ3n) is 2.84. The third kappa shape index (κ3) is 3.09. The lowest BCUT2D eigenvalue weighted by Gasteiger charge is -2.15. The average Bonchev–Trinajstić information content (AvgIpc) is 2.82. The molecule has 6 heteroatoms. The summed E-state index contributed by atoms with van der Waals surface area (Å²) >= 11 is 0. The molecule has 3 N–H and O–H groups in total. The second kappa shape index (κ2) is 5.51. The number of carbonyl (C=O) groups is 1. The van der Waals surface area contributed by atoms with Gasteiger partial charge in [0.25, 0.3) is 5.91 Å². The molecule has 2 aromatic rings. The van der Waals surface area contributed by atoms with Crippen LogP contribution in [-0.4, -0.2) is 20.7 Å². The molecule has 0 spiro atoms. The standard InChI is InChI=1S/C13H17N5O/c1-3-10(9-7-15-18(2)8-9)17-13(19)11-5-4-6-12(14)16-11/h4-8,10H,3H2,1-2H3,(H2,14,16)(H,17,19). The van der Waals surface area contributed by atoms with Crippen molar-refractivity contribution >= 4 is 11.7 Å². The van der Waals surface area contributed by atoms with E-state index in [0.717, 1.165) is 12.0 Å². The molecule has 0 saturated heterocycles. The minimum Gasteiger partial charge on any atom is -0.384 e. The molecule has 0 aromatic carbocycles. The van der Waals surface area contributed by atoms with Gasteiger partial charge >= 0.3 is 0 Å². The van der Waals surface area contributed by atoms with Gasteiger partial charge in [-0.3, -0.25) is 9.48 Å². The van der Waals surface area contributed by atoms with Crippen LogP contribution in [0.1, 0.15) is 35.4 Å². The van der Waals surface area contributed by atoms with Crippen LogP contribution in [0.3, 0.4) is 0 Å². The lowest BCUT2D eigenvalue weighted by atomic mass is 10.1. The van der Waals surface area contributed by atoms with E-state index in [0.29, 0.717) is 11.5 Å². The van der Waals surface area contributed by atoms with Gasteiger partial charge in [-0.2, -0.15) is 5.10 Å². The molecule has 6 nitrogen and oxygen atoms in total. The van der Waals surface area contributed by atoms with Crippen LogP contribution in [0.15, 0.2) is 30.6 Å². The van der Waals surface area contributed by atoms with Gasteiger partial charge in [0, 0.05) is 18.8 Å². The van der Waals surface area contributed by atoms with Gasteiger partial charge in [0.2, 0.25) is 0 Å². The van der Waals surface area contributed by atoms with Gasteiger partial charge in [-0.25, -0.2) is 4.98 Å². The topological polar surface area (TPSA) is 85.8 Å². The molecule has 2 aromatic heterocycles. The van der Waals surface area contributed by atoms with Crippen LogP contribution in [0.2, 0.25) is 0 Å². The molecule has 1 unspecified atom stereocenters. The first-order chi connectivity index (χ1) is 9.10. The predicted molar refractivity (Wildman–Crippen MR) is 72.4 cm³/mol. The third-order valence-corrected chi connectivity index (χ3v) is 2.84. The molecule has 0 aliphatic carbocycles. The van der Waals surface area contributed by atoms with Gasteiger partial charge in [-0.15, -0.1) is 0 Å². The maximum atomic E-state index is 12.1. The van der Waals surface area contributed by atoms with Gasteiger partial charge in [-0.1, -0.05) is 13.0 Å². The van der Waals surface area contributed by atoms with Crippen molar-refractivity contribution in [3.05, 3.63) is 41.9 Å². The molecule has 1 atom stereocenters. The summed E-state index contributed by atoms with van der Waals surface area (Å²) in [5.41, 5.74) is 6.87. The smallest absolute Gasteiger partial charge is 0.270 e. The fourth-order valence-corrected chi connectivity index (χ4v) is 1.85. The molecule has 0 fully saturated rings. The van der Waals surface area contributed by atoms with Gasteiger partial charge in [0.1, 0.15) is 11.5 Å². The highest BCUT2D eigenvalue weighted by molar-refractivity contribution is 5.92. The Morgan fingerprint density at radius 2 is 2.32 bits per heavy atom. The first-order valence-electron chi connectivity index (χ1n) is 6.12. The number of rotatable bonds is 4. The van der Waals surface area contributed by atoms with Crippen LogP contribution in [-0.2, 0) is 7.05 Å². The van der Waals surface area contributed by atoms with Gasteiger partial charge < -0.3 is 11.1 Å². The number of hydrogen-bond donors (Lipinski definition) is 2. The molecule has 0 aliphatic heterocycles. The van der Waals surface area contributed by atoms with Crippen LogP contribution in [0.4, 0.5) is 5.82 Å². The summed E-state index contributed by atoms with van der Waals surface area (Å²) in [6.45, 7) is 2.00. The molecule has 2 heterocycles. The predicted octanol–water partition coefficient (Wildman–Crippen LogP) is 1.28. The number of carbonyl (C=O) groups excluding carboxylic acids is 1. The van der Waals surface area contributed by atoms with E-state index in [1.54, 1.807) is 29.1 Å². The van der Waals surface area contributed by atoms with Crippen molar-refractivity contribution < 1.29 is 4.79 Å². The van der Waals surface area contributed by atoms with Crippen molar-refractivity contribution in [2.24, 2.45) is 7.05 Å². The number of aryl methyl sites for hydroxylation is 1. The minimum atomic E-state index is -0.233. The molecule has 0 saturated carbocycles. The van der Waals surface area contributed by atoms with E-state index in [9.17, 15) is 4.79 Å². The number of nitrogens with zero attached hydrogens (tertiary/aromatic N) is 3. The fraction of sp³-hybridized carbons (Fsp3) is 0.308. The monoisotopic (exact) mass is 259 g/mol. The van der Waals surface area contributed by atoms with E-state index in [1.807, 2.05) is 20.2 Å². The van der Waals surface area contributed by atoms with Crippen LogP contribution in [0.5, 0.6) is 0 Å². The highest BCUT2D eigenvalue weighted by atomic mass is 16.1. The molecule has 1 amide bonds. The summed E-state index contributed by atoms with van der Waals surface area (Å²) in [7, 11) is 1.84. The molecule has 2 rings (SSSR count). The normalized spacial score (nSPS) is 12.1. The van der Waals surface area contributed by atoms with E-state index >= 15 is 0 Å². The molecular formula is C13H17N5O.